The minimum absolute atomic E-state index is 0.0559. The zero-order chi connectivity index (χ0) is 14.7. The molecule has 2 nitrogen and oxygen atoms in total. The van der Waals surface area contributed by atoms with E-state index in [1.54, 1.807) is 0 Å². The van der Waals surface area contributed by atoms with Gasteiger partial charge in [-0.2, -0.15) is 0 Å². The molecule has 0 aromatic heterocycles. The van der Waals surface area contributed by atoms with Gasteiger partial charge in [0.25, 0.3) is 5.91 Å². The molecular weight excluding hydrogens is 328 g/mol. The van der Waals surface area contributed by atoms with Gasteiger partial charge in [-0.1, -0.05) is 28.8 Å². The lowest BCUT2D eigenvalue weighted by molar-refractivity contribution is 0.0907. The van der Waals surface area contributed by atoms with Crippen LogP contribution in [0.3, 0.4) is 0 Å². The number of rotatable bonds is 3. The van der Waals surface area contributed by atoms with E-state index in [0.29, 0.717) is 5.92 Å². The highest BCUT2D eigenvalue weighted by molar-refractivity contribution is 9.09. The van der Waals surface area contributed by atoms with Crippen LogP contribution < -0.4 is 5.32 Å². The van der Waals surface area contributed by atoms with Crippen molar-refractivity contribution in [2.75, 3.05) is 5.33 Å². The lowest BCUT2D eigenvalue weighted by atomic mass is 9.85. The summed E-state index contributed by atoms with van der Waals surface area (Å²) < 4.78 is 26.9. The molecule has 1 amide bonds. The molecule has 5 heteroatoms. The molecule has 110 valence electrons. The fraction of sp³-hybridized carbons (Fsp3) is 0.533. The SMILES string of the molecule is Cc1cc(C(=O)NC2CCCCC2CBr)c(F)cc1F. The highest BCUT2D eigenvalue weighted by Gasteiger charge is 2.26. The summed E-state index contributed by atoms with van der Waals surface area (Å²) in [6.45, 7) is 1.52. The van der Waals surface area contributed by atoms with Crippen molar-refractivity contribution < 1.29 is 13.6 Å². The summed E-state index contributed by atoms with van der Waals surface area (Å²) in [5, 5.41) is 3.71. The van der Waals surface area contributed by atoms with Gasteiger partial charge in [0, 0.05) is 17.4 Å². The van der Waals surface area contributed by atoms with Crippen molar-refractivity contribution in [2.24, 2.45) is 5.92 Å². The van der Waals surface area contributed by atoms with Gasteiger partial charge in [0.05, 0.1) is 5.56 Å². The monoisotopic (exact) mass is 345 g/mol. The molecule has 2 atom stereocenters. The third kappa shape index (κ3) is 3.37. The molecule has 0 spiro atoms. The fourth-order valence-electron chi connectivity index (χ4n) is 2.66. The number of benzene rings is 1. The second-order valence-corrected chi connectivity index (χ2v) is 6.01. The number of hydrogen-bond acceptors (Lipinski definition) is 1. The highest BCUT2D eigenvalue weighted by atomic mass is 79.9. The van der Waals surface area contributed by atoms with Crippen LogP contribution in [-0.4, -0.2) is 17.3 Å². The van der Waals surface area contributed by atoms with E-state index in [1.807, 2.05) is 0 Å². The van der Waals surface area contributed by atoms with E-state index in [2.05, 4.69) is 21.2 Å². The number of carbonyl (C=O) groups excluding carboxylic acids is 1. The van der Waals surface area contributed by atoms with E-state index >= 15 is 0 Å². The average Bonchev–Trinajstić information content (AvgIpc) is 2.43. The van der Waals surface area contributed by atoms with E-state index in [1.165, 1.54) is 13.0 Å². The Bertz CT molecular complexity index is 507. The fourth-order valence-corrected chi connectivity index (χ4v) is 3.43. The molecule has 0 bridgehead atoms. The summed E-state index contributed by atoms with van der Waals surface area (Å²) in [7, 11) is 0. The molecule has 2 rings (SSSR count). The molecule has 1 aliphatic carbocycles. The van der Waals surface area contributed by atoms with Crippen molar-refractivity contribution in [1.29, 1.82) is 0 Å². The van der Waals surface area contributed by atoms with Crippen molar-refractivity contribution in [3.63, 3.8) is 0 Å². The van der Waals surface area contributed by atoms with Crippen LogP contribution in [0.25, 0.3) is 0 Å². The smallest absolute Gasteiger partial charge is 0.254 e. The number of amides is 1. The summed E-state index contributed by atoms with van der Waals surface area (Å²) in [6.07, 6.45) is 4.19. The van der Waals surface area contributed by atoms with Crippen molar-refractivity contribution in [2.45, 2.75) is 38.6 Å². The van der Waals surface area contributed by atoms with E-state index < -0.39 is 17.5 Å². The molecule has 1 aromatic rings. The van der Waals surface area contributed by atoms with Crippen LogP contribution >= 0.6 is 15.9 Å². The summed E-state index contributed by atoms with van der Waals surface area (Å²) in [5.74, 6) is -1.52. The van der Waals surface area contributed by atoms with Crippen LogP contribution in [0.1, 0.15) is 41.6 Å². The van der Waals surface area contributed by atoms with Crippen LogP contribution in [0.2, 0.25) is 0 Å². The van der Waals surface area contributed by atoms with Gasteiger partial charge in [0.15, 0.2) is 0 Å². The zero-order valence-electron chi connectivity index (χ0n) is 11.4. The van der Waals surface area contributed by atoms with Gasteiger partial charge in [-0.25, -0.2) is 8.78 Å². The van der Waals surface area contributed by atoms with Gasteiger partial charge >= 0.3 is 0 Å². The molecule has 1 N–H and O–H groups in total. The molecule has 20 heavy (non-hydrogen) atoms. The maximum Gasteiger partial charge on any atom is 0.254 e. The second-order valence-electron chi connectivity index (χ2n) is 5.36. The molecule has 2 unspecified atom stereocenters. The van der Waals surface area contributed by atoms with Crippen molar-refractivity contribution in [3.8, 4) is 0 Å². The van der Waals surface area contributed by atoms with Gasteiger partial charge in [-0.15, -0.1) is 0 Å². The summed E-state index contributed by atoms with van der Waals surface area (Å²) in [5.41, 5.74) is 0.194. The van der Waals surface area contributed by atoms with Crippen molar-refractivity contribution in [3.05, 3.63) is 34.9 Å². The Balaban J connectivity index is 2.13. The second kappa shape index (κ2) is 6.66. The number of alkyl halides is 1. The number of nitrogens with one attached hydrogen (secondary N) is 1. The molecule has 0 heterocycles. The Kier molecular flexibility index (Phi) is 5.13. The molecular formula is C15H18BrF2NO. The minimum Gasteiger partial charge on any atom is -0.349 e. The largest absolute Gasteiger partial charge is 0.349 e. The molecule has 0 aliphatic heterocycles. The summed E-state index contributed by atoms with van der Waals surface area (Å²) in [6, 6.07) is 2.10. The quantitative estimate of drug-likeness (QED) is 0.825. The third-order valence-corrected chi connectivity index (χ3v) is 4.75. The van der Waals surface area contributed by atoms with Gasteiger partial charge in [-0.05, 0) is 37.3 Å². The van der Waals surface area contributed by atoms with Crippen molar-refractivity contribution >= 4 is 21.8 Å². The third-order valence-electron chi connectivity index (χ3n) is 3.92. The van der Waals surface area contributed by atoms with E-state index in [9.17, 15) is 13.6 Å². The van der Waals surface area contributed by atoms with E-state index in [0.717, 1.165) is 37.1 Å². The first-order chi connectivity index (χ1) is 9.52. The Hall–Kier alpha value is -0.970. The Morgan fingerprint density at radius 2 is 2.00 bits per heavy atom. The summed E-state index contributed by atoms with van der Waals surface area (Å²) in [4.78, 5) is 12.2. The lowest BCUT2D eigenvalue weighted by Crippen LogP contribution is -2.43. The molecule has 1 saturated carbocycles. The van der Waals surface area contributed by atoms with Crippen LogP contribution in [0, 0.1) is 24.5 Å². The predicted molar refractivity (Wildman–Crippen MR) is 78.1 cm³/mol. The number of carbonyl (C=O) groups is 1. The molecule has 1 fully saturated rings. The first-order valence-electron chi connectivity index (χ1n) is 6.85. The Morgan fingerprint density at radius 3 is 2.70 bits per heavy atom. The number of aryl methyl sites for hydroxylation is 1. The first-order valence-corrected chi connectivity index (χ1v) is 7.97. The maximum atomic E-state index is 13.7. The van der Waals surface area contributed by atoms with Gasteiger partial charge in [0.1, 0.15) is 11.6 Å². The maximum absolute atomic E-state index is 13.7. The Labute approximate surface area is 126 Å². The molecule has 0 saturated heterocycles. The lowest BCUT2D eigenvalue weighted by Gasteiger charge is -2.31. The first kappa shape index (κ1) is 15.4. The van der Waals surface area contributed by atoms with Crippen LogP contribution in [0.4, 0.5) is 8.78 Å². The van der Waals surface area contributed by atoms with E-state index in [-0.39, 0.29) is 17.2 Å². The van der Waals surface area contributed by atoms with Crippen LogP contribution in [0.5, 0.6) is 0 Å². The minimum atomic E-state index is -0.809. The predicted octanol–water partition coefficient (Wildman–Crippen LogP) is 3.96. The normalized spacial score (nSPS) is 22.6. The van der Waals surface area contributed by atoms with Gasteiger partial charge in [-0.3, -0.25) is 4.79 Å². The Morgan fingerprint density at radius 1 is 1.30 bits per heavy atom. The van der Waals surface area contributed by atoms with Crippen LogP contribution in [0.15, 0.2) is 12.1 Å². The zero-order valence-corrected chi connectivity index (χ0v) is 13.0. The standard InChI is InChI=1S/C15H18BrF2NO/c1-9-6-11(13(18)7-12(9)17)15(20)19-14-5-3-2-4-10(14)8-16/h6-7,10,14H,2-5,8H2,1H3,(H,19,20). The van der Waals surface area contributed by atoms with Gasteiger partial charge in [0.2, 0.25) is 0 Å². The molecule has 1 aliphatic rings. The molecule has 0 radical (unpaired) electrons. The van der Waals surface area contributed by atoms with Gasteiger partial charge < -0.3 is 5.32 Å². The topological polar surface area (TPSA) is 29.1 Å². The average molecular weight is 346 g/mol. The van der Waals surface area contributed by atoms with Crippen molar-refractivity contribution in [1.82, 2.24) is 5.32 Å². The van der Waals surface area contributed by atoms with E-state index in [4.69, 9.17) is 0 Å². The number of halogens is 3. The summed E-state index contributed by atoms with van der Waals surface area (Å²) >= 11 is 3.46. The van der Waals surface area contributed by atoms with Crippen LogP contribution in [-0.2, 0) is 0 Å². The number of hydrogen-bond donors (Lipinski definition) is 1. The highest BCUT2D eigenvalue weighted by Crippen LogP contribution is 2.26. The molecule has 1 aromatic carbocycles.